The van der Waals surface area contributed by atoms with Crippen molar-refractivity contribution in [2.24, 2.45) is 0 Å². The van der Waals surface area contributed by atoms with Crippen LogP contribution in [0, 0.1) is 0 Å². The third-order valence-corrected chi connectivity index (χ3v) is 5.01. The molecule has 0 unspecified atom stereocenters. The zero-order chi connectivity index (χ0) is 17.8. The molecule has 2 heterocycles. The predicted octanol–water partition coefficient (Wildman–Crippen LogP) is 4.05. The topological polar surface area (TPSA) is 63.1 Å². The Morgan fingerprint density at radius 2 is 2.08 bits per heavy atom. The Morgan fingerprint density at radius 1 is 1.24 bits per heavy atom. The van der Waals surface area contributed by atoms with Gasteiger partial charge in [-0.1, -0.05) is 29.6 Å². The van der Waals surface area contributed by atoms with E-state index in [2.05, 4.69) is 20.1 Å². The van der Waals surface area contributed by atoms with Crippen LogP contribution in [0.4, 0.5) is 10.5 Å². The van der Waals surface area contributed by atoms with Gasteiger partial charge < -0.3 is 9.88 Å². The highest BCUT2D eigenvalue weighted by atomic mass is 35.5. The van der Waals surface area contributed by atoms with Crippen LogP contribution in [0.25, 0.3) is 0 Å². The van der Waals surface area contributed by atoms with Crippen molar-refractivity contribution in [2.45, 2.75) is 45.7 Å². The highest BCUT2D eigenvalue weighted by molar-refractivity contribution is 6.42. The number of halogens is 2. The molecule has 0 atom stereocenters. The number of urea groups is 1. The highest BCUT2D eigenvalue weighted by Gasteiger charge is 2.22. The summed E-state index contributed by atoms with van der Waals surface area (Å²) in [5, 5.41) is 12.3. The lowest BCUT2D eigenvalue weighted by Gasteiger charge is -2.23. The Hall–Kier alpha value is -1.79. The Bertz CT molecular complexity index is 761. The molecule has 1 aromatic heterocycles. The monoisotopic (exact) mass is 381 g/mol. The van der Waals surface area contributed by atoms with Crippen LogP contribution in [0.15, 0.2) is 18.2 Å². The van der Waals surface area contributed by atoms with Crippen LogP contribution in [0.2, 0.25) is 10.0 Å². The number of benzene rings is 1. The number of rotatable bonds is 4. The summed E-state index contributed by atoms with van der Waals surface area (Å²) in [6.45, 7) is 3.64. The zero-order valence-electron chi connectivity index (χ0n) is 14.1. The molecule has 1 N–H and O–H groups in total. The summed E-state index contributed by atoms with van der Waals surface area (Å²) in [5.74, 6) is 1.78. The molecule has 1 aliphatic heterocycles. The summed E-state index contributed by atoms with van der Waals surface area (Å²) >= 11 is 12.1. The lowest BCUT2D eigenvalue weighted by Crippen LogP contribution is -2.40. The molecule has 0 fully saturated rings. The lowest BCUT2D eigenvalue weighted by atomic mass is 10.2. The van der Waals surface area contributed by atoms with Crippen molar-refractivity contribution in [1.29, 1.82) is 0 Å². The summed E-state index contributed by atoms with van der Waals surface area (Å²) in [7, 11) is 0. The zero-order valence-corrected chi connectivity index (χ0v) is 15.6. The maximum atomic E-state index is 12.6. The number of aromatic nitrogens is 3. The van der Waals surface area contributed by atoms with Gasteiger partial charge in [0.2, 0.25) is 0 Å². The van der Waals surface area contributed by atoms with Crippen LogP contribution in [-0.2, 0) is 19.5 Å². The number of amides is 2. The average Bonchev–Trinajstić information content (AvgIpc) is 2.82. The summed E-state index contributed by atoms with van der Waals surface area (Å²) in [6, 6.07) is 4.96. The largest absolute Gasteiger partial charge is 0.338 e. The summed E-state index contributed by atoms with van der Waals surface area (Å²) < 4.78 is 2.14. The van der Waals surface area contributed by atoms with Crippen molar-refractivity contribution < 1.29 is 4.79 Å². The number of hydrogen-bond acceptors (Lipinski definition) is 3. The second-order valence-corrected chi connectivity index (χ2v) is 6.83. The van der Waals surface area contributed by atoms with E-state index in [1.165, 1.54) is 6.42 Å². The van der Waals surface area contributed by atoms with E-state index in [0.717, 1.165) is 37.5 Å². The highest BCUT2D eigenvalue weighted by Crippen LogP contribution is 2.28. The van der Waals surface area contributed by atoms with Crippen LogP contribution in [-0.4, -0.2) is 27.3 Å². The first-order valence-electron chi connectivity index (χ1n) is 8.51. The lowest BCUT2D eigenvalue weighted by molar-refractivity contribution is 0.246. The van der Waals surface area contributed by atoms with Gasteiger partial charge in [0.1, 0.15) is 5.82 Å². The molecule has 1 aromatic carbocycles. The number of fused-ring (bicyclic) bond motifs is 1. The van der Waals surface area contributed by atoms with Crippen molar-refractivity contribution in [2.75, 3.05) is 11.4 Å². The maximum absolute atomic E-state index is 12.6. The molecule has 25 heavy (non-hydrogen) atoms. The molecule has 0 aliphatic carbocycles. The molecule has 2 amide bonds. The van der Waals surface area contributed by atoms with Crippen LogP contribution in [0.5, 0.6) is 0 Å². The fourth-order valence-electron chi connectivity index (χ4n) is 2.98. The molecule has 0 saturated carbocycles. The molecule has 1 aliphatic rings. The van der Waals surface area contributed by atoms with Gasteiger partial charge in [-0.25, -0.2) is 4.79 Å². The van der Waals surface area contributed by atoms with E-state index in [4.69, 9.17) is 23.2 Å². The Morgan fingerprint density at radius 3 is 2.84 bits per heavy atom. The van der Waals surface area contributed by atoms with Gasteiger partial charge in [0.25, 0.3) is 0 Å². The minimum Gasteiger partial charge on any atom is -0.338 e. The molecule has 6 nitrogen and oxygen atoms in total. The van der Waals surface area contributed by atoms with Crippen molar-refractivity contribution in [3.63, 3.8) is 0 Å². The number of nitrogens with zero attached hydrogens (tertiary/aromatic N) is 4. The predicted molar refractivity (Wildman–Crippen MR) is 99.3 cm³/mol. The van der Waals surface area contributed by atoms with E-state index in [0.29, 0.717) is 28.8 Å². The van der Waals surface area contributed by atoms with E-state index >= 15 is 0 Å². The van der Waals surface area contributed by atoms with Gasteiger partial charge in [-0.15, -0.1) is 10.2 Å². The summed E-state index contributed by atoms with van der Waals surface area (Å²) in [4.78, 5) is 14.2. The molecule has 3 rings (SSSR count). The van der Waals surface area contributed by atoms with Crippen molar-refractivity contribution >= 4 is 34.9 Å². The van der Waals surface area contributed by atoms with Gasteiger partial charge in [0.15, 0.2) is 5.82 Å². The van der Waals surface area contributed by atoms with E-state index in [1.807, 2.05) is 6.92 Å². The van der Waals surface area contributed by atoms with Crippen molar-refractivity contribution in [1.82, 2.24) is 20.1 Å². The normalized spacial score (nSPS) is 13.9. The second-order valence-electron chi connectivity index (χ2n) is 6.01. The molecule has 0 bridgehead atoms. The maximum Gasteiger partial charge on any atom is 0.322 e. The van der Waals surface area contributed by atoms with Gasteiger partial charge >= 0.3 is 6.03 Å². The first kappa shape index (κ1) is 18.0. The molecule has 0 saturated heterocycles. The standard InChI is InChI=1S/C17H21Cl2N5O/c1-2-20-17(25)24(12-7-8-13(18)14(19)10-12)11-16-22-21-15-6-4-3-5-9-23(15)16/h7-8,10H,2-6,9,11H2,1H3,(H,20,25). The first-order valence-corrected chi connectivity index (χ1v) is 9.27. The molecular weight excluding hydrogens is 361 g/mol. The Balaban J connectivity index is 1.91. The minimum atomic E-state index is -0.202. The molecule has 0 spiro atoms. The number of hydrogen-bond donors (Lipinski definition) is 1. The quantitative estimate of drug-likeness (QED) is 0.868. The number of nitrogens with one attached hydrogen (secondary N) is 1. The fraction of sp³-hybridized carbons (Fsp3) is 0.471. The van der Waals surface area contributed by atoms with E-state index in [-0.39, 0.29) is 6.03 Å². The Labute approximate surface area is 157 Å². The summed E-state index contributed by atoms with van der Waals surface area (Å²) in [5.41, 5.74) is 0.673. The summed E-state index contributed by atoms with van der Waals surface area (Å²) in [6.07, 6.45) is 4.35. The third-order valence-electron chi connectivity index (χ3n) is 4.27. The van der Waals surface area contributed by atoms with Gasteiger partial charge in [-0.05, 0) is 38.0 Å². The Kier molecular flexibility index (Phi) is 5.81. The number of carbonyl (C=O) groups excluding carboxylic acids is 1. The van der Waals surface area contributed by atoms with Crippen molar-refractivity contribution in [3.8, 4) is 0 Å². The molecular formula is C17H21Cl2N5O. The first-order chi connectivity index (χ1) is 12.1. The van der Waals surface area contributed by atoms with Crippen LogP contribution >= 0.6 is 23.2 Å². The SMILES string of the molecule is CCNC(=O)N(Cc1nnc2n1CCCCC2)c1ccc(Cl)c(Cl)c1. The number of carbonyl (C=O) groups is 1. The van der Waals surface area contributed by atoms with Crippen LogP contribution < -0.4 is 10.2 Å². The molecule has 134 valence electrons. The average molecular weight is 382 g/mol. The molecule has 8 heteroatoms. The molecule has 0 radical (unpaired) electrons. The fourth-order valence-corrected chi connectivity index (χ4v) is 3.28. The van der Waals surface area contributed by atoms with Gasteiger partial charge in [0.05, 0.1) is 16.6 Å². The van der Waals surface area contributed by atoms with E-state index in [1.54, 1.807) is 23.1 Å². The van der Waals surface area contributed by atoms with Crippen LogP contribution in [0.1, 0.15) is 37.8 Å². The van der Waals surface area contributed by atoms with Gasteiger partial charge in [-0.2, -0.15) is 0 Å². The smallest absolute Gasteiger partial charge is 0.322 e. The van der Waals surface area contributed by atoms with E-state index in [9.17, 15) is 4.79 Å². The molecule has 2 aromatic rings. The van der Waals surface area contributed by atoms with Crippen molar-refractivity contribution in [3.05, 3.63) is 39.9 Å². The second kappa shape index (κ2) is 8.06. The van der Waals surface area contributed by atoms with E-state index < -0.39 is 0 Å². The number of anilines is 1. The minimum absolute atomic E-state index is 0.202. The number of aryl methyl sites for hydroxylation is 1. The van der Waals surface area contributed by atoms with Gasteiger partial charge in [0, 0.05) is 25.2 Å². The van der Waals surface area contributed by atoms with Crippen LogP contribution in [0.3, 0.4) is 0 Å². The van der Waals surface area contributed by atoms with Gasteiger partial charge in [-0.3, -0.25) is 4.90 Å². The third kappa shape index (κ3) is 4.07.